The van der Waals surface area contributed by atoms with Crippen molar-refractivity contribution < 1.29 is 6.85 Å². The van der Waals surface area contributed by atoms with Crippen LogP contribution in [-0.2, 0) is 10.8 Å². The molecule has 2 nitrogen and oxygen atoms in total. The smallest absolute Gasteiger partial charge is 0.0727 e. The third kappa shape index (κ3) is 6.34. The Hall–Kier alpha value is -9.76. The first kappa shape index (κ1) is 38.8. The van der Waals surface area contributed by atoms with Crippen LogP contribution in [0.2, 0.25) is 0 Å². The zero-order valence-corrected chi connectivity index (χ0v) is 41.4. The molecule has 1 unspecified atom stereocenters. The summed E-state index contributed by atoms with van der Waals surface area (Å²) in [5.74, 6) is 0. The lowest BCUT2D eigenvalue weighted by molar-refractivity contribution is 0.768. The maximum atomic E-state index is 9.32. The van der Waals surface area contributed by atoms with Crippen molar-refractivity contribution in [3.63, 3.8) is 0 Å². The molecule has 0 amide bonds. The number of para-hydroxylation sites is 3. The molecule has 12 aromatic carbocycles. The summed E-state index contributed by atoms with van der Waals surface area (Å²) in [5, 5.41) is 0. The van der Waals surface area contributed by atoms with Crippen LogP contribution < -0.4 is 9.80 Å². The third-order valence-corrected chi connectivity index (χ3v) is 16.2. The highest BCUT2D eigenvalue weighted by Gasteiger charge is 2.52. The summed E-state index contributed by atoms with van der Waals surface area (Å²) < 4.78 is 44.8. The number of rotatable bonds is 9. The standard InChI is InChI=1S/C74H50N2/c1-6-24-51(25-7-1)59-34-19-23-41-72(59)76(57-43-46-63-60-35-16-20-38-66(60)73(69(63)49-57,52-26-8-2-9-27-52)53-28-10-3-11-29-53)58-44-47-65-62-37-18-22-40-68(62)74(71(65)50-58)67-39-21-17-36-61(67)64-45-42-56(48-70(64)74)75(54-30-12-4-13-31-54)55-32-14-5-15-33-55/h1-50H/i4D,12D,13D,30D,31D. The van der Waals surface area contributed by atoms with Gasteiger partial charge in [-0.3, -0.25) is 0 Å². The molecule has 0 fully saturated rings. The Balaban J connectivity index is 1.01. The summed E-state index contributed by atoms with van der Waals surface area (Å²) in [6, 6.07) is 96.0. The number of fused-ring (bicyclic) bond motifs is 13. The molecule has 356 valence electrons. The molecule has 1 spiro atoms. The van der Waals surface area contributed by atoms with E-state index >= 15 is 0 Å². The number of benzene rings is 12. The molecule has 0 saturated heterocycles. The first-order valence-corrected chi connectivity index (χ1v) is 26.0. The molecule has 1 atom stereocenters. The van der Waals surface area contributed by atoms with E-state index in [0.717, 1.165) is 72.7 Å². The predicted octanol–water partition coefficient (Wildman–Crippen LogP) is 19.0. The Morgan fingerprint density at radius 2 is 0.618 bits per heavy atom. The van der Waals surface area contributed by atoms with Crippen LogP contribution in [0, 0.1) is 0 Å². The topological polar surface area (TPSA) is 6.48 Å². The van der Waals surface area contributed by atoms with Gasteiger partial charge in [0.25, 0.3) is 0 Å². The lowest BCUT2D eigenvalue weighted by Gasteiger charge is -2.35. The van der Waals surface area contributed by atoms with Gasteiger partial charge in [0.05, 0.1) is 23.4 Å². The number of hydrogen-bond donors (Lipinski definition) is 0. The molecule has 0 aliphatic heterocycles. The van der Waals surface area contributed by atoms with Crippen molar-refractivity contribution in [1.82, 2.24) is 0 Å². The molecule has 0 bridgehead atoms. The van der Waals surface area contributed by atoms with E-state index in [4.69, 9.17) is 4.11 Å². The van der Waals surface area contributed by atoms with Crippen molar-refractivity contribution in [3.05, 3.63) is 348 Å². The Labute approximate surface area is 451 Å². The highest BCUT2D eigenvalue weighted by atomic mass is 15.1. The van der Waals surface area contributed by atoms with Gasteiger partial charge in [-0.1, -0.05) is 237 Å². The maximum Gasteiger partial charge on any atom is 0.0727 e. The molecular formula is C74H50N2. The summed E-state index contributed by atoms with van der Waals surface area (Å²) in [4.78, 5) is 4.28. The first-order chi connectivity index (χ1) is 39.8. The van der Waals surface area contributed by atoms with Gasteiger partial charge in [0, 0.05) is 34.0 Å². The van der Waals surface area contributed by atoms with Crippen LogP contribution in [0.15, 0.2) is 303 Å². The molecule has 0 radical (unpaired) electrons. The van der Waals surface area contributed by atoms with Gasteiger partial charge in [0.1, 0.15) is 0 Å². The minimum absolute atomic E-state index is 0.0833. The number of hydrogen-bond acceptors (Lipinski definition) is 2. The van der Waals surface area contributed by atoms with Gasteiger partial charge in [-0.15, -0.1) is 0 Å². The van der Waals surface area contributed by atoms with E-state index in [0.29, 0.717) is 11.4 Å². The fourth-order valence-electron chi connectivity index (χ4n) is 13.3. The maximum absolute atomic E-state index is 9.32. The van der Waals surface area contributed by atoms with E-state index in [2.05, 4.69) is 241 Å². The summed E-state index contributed by atoms with van der Waals surface area (Å²) >= 11 is 0. The predicted molar refractivity (Wildman–Crippen MR) is 315 cm³/mol. The van der Waals surface area contributed by atoms with E-state index in [1.165, 1.54) is 33.4 Å². The normalized spacial score (nSPS) is 15.7. The molecular weight excluding hydrogens is 917 g/mol. The van der Waals surface area contributed by atoms with Crippen molar-refractivity contribution in [1.29, 1.82) is 0 Å². The molecule has 3 aliphatic rings. The third-order valence-electron chi connectivity index (χ3n) is 16.2. The number of anilines is 6. The molecule has 2 heteroatoms. The van der Waals surface area contributed by atoms with Gasteiger partial charge in [0.2, 0.25) is 0 Å². The van der Waals surface area contributed by atoms with Crippen LogP contribution in [0.25, 0.3) is 44.5 Å². The monoisotopic (exact) mass is 971 g/mol. The zero-order valence-electron chi connectivity index (χ0n) is 46.4. The minimum atomic E-state index is -0.841. The fourth-order valence-corrected chi connectivity index (χ4v) is 13.3. The van der Waals surface area contributed by atoms with Gasteiger partial charge in [0.15, 0.2) is 0 Å². The van der Waals surface area contributed by atoms with Crippen LogP contribution in [0.5, 0.6) is 0 Å². The van der Waals surface area contributed by atoms with Gasteiger partial charge in [-0.25, -0.2) is 0 Å². The Kier molecular flexibility index (Phi) is 8.91. The molecule has 76 heavy (non-hydrogen) atoms. The van der Waals surface area contributed by atoms with Gasteiger partial charge >= 0.3 is 0 Å². The van der Waals surface area contributed by atoms with Crippen molar-refractivity contribution >= 4 is 34.1 Å². The SMILES string of the molecule is [2H]c1c([2H])c([2H])c(N(c2ccccc2)c2ccc3c(c2)C2(c4ccccc4-c4ccc(N(c5ccc6c(c5)C(c5ccccc5)(c5ccccc5)c5ccccc5-6)c5ccccc5-c5ccccc5)cc42)c2ccccc2-3)c([2H])c1[2H]. The van der Waals surface area contributed by atoms with Crippen LogP contribution in [0.3, 0.4) is 0 Å². The van der Waals surface area contributed by atoms with E-state index < -0.39 is 16.9 Å². The Bertz CT molecular complexity index is 4410. The highest BCUT2D eigenvalue weighted by Crippen LogP contribution is 2.65. The molecule has 12 aromatic rings. The highest BCUT2D eigenvalue weighted by molar-refractivity contribution is 5.99. The summed E-state index contributed by atoms with van der Waals surface area (Å²) in [6.45, 7) is 0. The largest absolute Gasteiger partial charge is 0.310 e. The van der Waals surface area contributed by atoms with Crippen molar-refractivity contribution in [2.75, 3.05) is 9.80 Å². The fraction of sp³-hybridized carbons (Fsp3) is 0.0270. The summed E-state index contributed by atoms with van der Waals surface area (Å²) in [5.41, 5.74) is 21.4. The van der Waals surface area contributed by atoms with Gasteiger partial charge < -0.3 is 9.80 Å². The van der Waals surface area contributed by atoms with E-state index in [1.54, 1.807) is 0 Å². The lowest BCUT2D eigenvalue weighted by atomic mass is 9.67. The Morgan fingerprint density at radius 1 is 0.250 bits per heavy atom. The average Bonchev–Trinajstić information content (AvgIpc) is 1.91. The second-order valence-electron chi connectivity index (χ2n) is 19.9. The molecule has 0 N–H and O–H groups in total. The van der Waals surface area contributed by atoms with Crippen molar-refractivity contribution in [2.24, 2.45) is 0 Å². The molecule has 15 rings (SSSR count). The van der Waals surface area contributed by atoms with Crippen LogP contribution >= 0.6 is 0 Å². The average molecular weight is 972 g/mol. The van der Waals surface area contributed by atoms with E-state index in [1.807, 2.05) is 41.3 Å². The van der Waals surface area contributed by atoms with Crippen LogP contribution in [0.4, 0.5) is 34.1 Å². The van der Waals surface area contributed by atoms with Crippen molar-refractivity contribution in [3.8, 4) is 44.5 Å². The Morgan fingerprint density at radius 3 is 1.12 bits per heavy atom. The second-order valence-corrected chi connectivity index (χ2v) is 19.9. The summed E-state index contributed by atoms with van der Waals surface area (Å²) in [7, 11) is 0. The summed E-state index contributed by atoms with van der Waals surface area (Å²) in [6.07, 6.45) is 0. The van der Waals surface area contributed by atoms with Gasteiger partial charge in [-0.2, -0.15) is 0 Å². The van der Waals surface area contributed by atoms with Crippen LogP contribution in [0.1, 0.15) is 51.4 Å². The van der Waals surface area contributed by atoms with E-state index in [-0.39, 0.29) is 29.9 Å². The zero-order chi connectivity index (χ0) is 54.6. The molecule has 3 aliphatic carbocycles. The number of nitrogens with zero attached hydrogens (tertiary/aromatic N) is 2. The van der Waals surface area contributed by atoms with E-state index in [9.17, 15) is 2.74 Å². The molecule has 0 aromatic heterocycles. The second kappa shape index (κ2) is 17.4. The van der Waals surface area contributed by atoms with Crippen LogP contribution in [-0.4, -0.2) is 0 Å². The molecule has 0 saturated carbocycles. The molecule has 0 heterocycles. The van der Waals surface area contributed by atoms with Crippen molar-refractivity contribution in [2.45, 2.75) is 10.8 Å². The first-order valence-electron chi connectivity index (χ1n) is 28.5. The van der Waals surface area contributed by atoms with Gasteiger partial charge in [-0.05, 0) is 150 Å². The minimum Gasteiger partial charge on any atom is -0.310 e. The lowest BCUT2D eigenvalue weighted by Crippen LogP contribution is -2.28. The quantitative estimate of drug-likeness (QED) is 0.142.